The third kappa shape index (κ3) is 17.7. The predicted octanol–water partition coefficient (Wildman–Crippen LogP) is 10.6. The lowest BCUT2D eigenvalue weighted by molar-refractivity contribution is -0.0109. The van der Waals surface area contributed by atoms with Gasteiger partial charge in [-0.2, -0.15) is 0 Å². The van der Waals surface area contributed by atoms with Crippen LogP contribution in [-0.2, 0) is 43.0 Å². The second kappa shape index (κ2) is 24.0. The van der Waals surface area contributed by atoms with Gasteiger partial charge in [0.15, 0.2) is 5.75 Å². The second-order valence-corrected chi connectivity index (χ2v) is 22.4. The maximum absolute atomic E-state index is 13.6. The Bertz CT molecular complexity index is 2790. The van der Waals surface area contributed by atoms with Crippen LogP contribution < -0.4 is 40.2 Å². The molecule has 4 aromatic carbocycles. The fourth-order valence-corrected chi connectivity index (χ4v) is 9.11. The molecule has 1 heterocycles. The molecule has 0 radical (unpaired) electrons. The summed E-state index contributed by atoms with van der Waals surface area (Å²) in [5, 5.41) is 13.2. The van der Waals surface area contributed by atoms with Crippen LogP contribution in [0.1, 0.15) is 78.2 Å². The Kier molecular flexibility index (Phi) is 18.9. The third-order valence-corrected chi connectivity index (χ3v) is 12.3. The second-order valence-electron chi connectivity index (χ2n) is 19.2. The maximum Gasteiger partial charge on any atom is 0.475 e. The van der Waals surface area contributed by atoms with Gasteiger partial charge in [-0.3, -0.25) is 23.1 Å². The van der Waals surface area contributed by atoms with Crippen LogP contribution in [0.25, 0.3) is 10.8 Å². The molecular weight excluding hydrogens is 956 g/mol. The number of anilines is 5. The van der Waals surface area contributed by atoms with Gasteiger partial charge in [0, 0.05) is 41.3 Å². The van der Waals surface area contributed by atoms with E-state index in [4.69, 9.17) is 37.3 Å². The molecule has 3 amide bonds. The van der Waals surface area contributed by atoms with Crippen molar-refractivity contribution in [2.45, 2.75) is 78.9 Å². The van der Waals surface area contributed by atoms with Gasteiger partial charge in [-0.1, -0.05) is 45.0 Å². The molecule has 71 heavy (non-hydrogen) atoms. The van der Waals surface area contributed by atoms with Crippen molar-refractivity contribution < 1.29 is 59.8 Å². The first-order valence-corrected chi connectivity index (χ1v) is 26.1. The number of urea groups is 1. The topological polar surface area (TPSA) is 232 Å². The van der Waals surface area contributed by atoms with Crippen LogP contribution in [0.15, 0.2) is 85.1 Å². The van der Waals surface area contributed by atoms with Crippen molar-refractivity contribution in [3.63, 3.8) is 0 Å². The standard InChI is InChI=1S/C50H67N6O13PS/c1-48(2,3)33-29-40(45(63-11)41(30-33)56-71(12,60)61)55-47(58)54-39-19-20-42(37-16-14-13-15-36(37)39)67-35-21-22-51-44(32-35)53-34-17-18-38(43(31-34)62-10)46(57)52-23-24-64-25-26-65-27-28-66-70(59,68-49(4,5)6)69-50(7,8)9/h13-22,29-32,56H,23-28H2,1-12H3,(H,51,53)(H,52,57)(H2,54,55,58). The van der Waals surface area contributed by atoms with Gasteiger partial charge in [0.25, 0.3) is 5.91 Å². The zero-order valence-electron chi connectivity index (χ0n) is 42.4. The number of ether oxygens (including phenoxy) is 5. The van der Waals surface area contributed by atoms with Crippen molar-refractivity contribution in [1.82, 2.24) is 10.3 Å². The Labute approximate surface area is 416 Å². The van der Waals surface area contributed by atoms with Gasteiger partial charge in [0.1, 0.15) is 23.1 Å². The molecule has 0 fully saturated rings. The van der Waals surface area contributed by atoms with Crippen molar-refractivity contribution in [2.24, 2.45) is 0 Å². The van der Waals surface area contributed by atoms with E-state index in [9.17, 15) is 22.6 Å². The monoisotopic (exact) mass is 1020 g/mol. The van der Waals surface area contributed by atoms with Crippen molar-refractivity contribution >= 4 is 69.1 Å². The molecule has 0 bridgehead atoms. The summed E-state index contributed by atoms with van der Waals surface area (Å²) in [6, 6.07) is 22.2. The van der Waals surface area contributed by atoms with Gasteiger partial charge in [0.05, 0.1) is 87.3 Å². The normalized spacial score (nSPS) is 12.3. The van der Waals surface area contributed by atoms with E-state index in [1.54, 1.807) is 102 Å². The molecule has 0 spiro atoms. The number of nitrogens with zero attached hydrogens (tertiary/aromatic N) is 1. The summed E-state index contributed by atoms with van der Waals surface area (Å²) in [4.78, 5) is 31.1. The van der Waals surface area contributed by atoms with Gasteiger partial charge in [-0.25, -0.2) is 22.8 Å². The number of aromatic nitrogens is 1. The number of sulfonamides is 1. The average molecular weight is 1020 g/mol. The number of amides is 3. The van der Waals surface area contributed by atoms with Crippen molar-refractivity contribution in [1.29, 1.82) is 0 Å². The zero-order valence-corrected chi connectivity index (χ0v) is 44.1. The first-order chi connectivity index (χ1) is 33.2. The van der Waals surface area contributed by atoms with Crippen molar-refractivity contribution in [3.8, 4) is 23.0 Å². The number of carbonyl (C=O) groups is 2. The number of fused-ring (bicyclic) bond motifs is 1. The lowest BCUT2D eigenvalue weighted by atomic mass is 9.86. The third-order valence-electron chi connectivity index (χ3n) is 9.67. The number of hydrogen-bond acceptors (Lipinski definition) is 15. The Morgan fingerprint density at radius 1 is 0.690 bits per heavy atom. The van der Waals surface area contributed by atoms with Crippen LogP contribution in [0.3, 0.4) is 0 Å². The minimum atomic E-state index is -3.82. The molecule has 0 atom stereocenters. The minimum Gasteiger partial charge on any atom is -0.496 e. The molecule has 0 saturated heterocycles. The van der Waals surface area contributed by atoms with Crippen LogP contribution in [0.2, 0.25) is 0 Å². The van der Waals surface area contributed by atoms with Gasteiger partial charge >= 0.3 is 13.9 Å². The fourth-order valence-electron chi connectivity index (χ4n) is 6.77. The van der Waals surface area contributed by atoms with Crippen LogP contribution >= 0.6 is 7.82 Å². The number of benzene rings is 4. The highest BCUT2D eigenvalue weighted by molar-refractivity contribution is 7.92. The molecule has 386 valence electrons. The maximum atomic E-state index is 13.6. The number of hydrogen-bond donors (Lipinski definition) is 5. The zero-order chi connectivity index (χ0) is 52.2. The molecule has 0 aliphatic rings. The summed E-state index contributed by atoms with van der Waals surface area (Å²) in [7, 11) is -4.62. The molecule has 0 saturated carbocycles. The highest BCUT2D eigenvalue weighted by atomic mass is 32.2. The van der Waals surface area contributed by atoms with E-state index in [2.05, 4.69) is 31.0 Å². The Balaban J connectivity index is 1.14. The molecule has 5 N–H and O–H groups in total. The first kappa shape index (κ1) is 55.9. The molecule has 0 aliphatic heterocycles. The number of methoxy groups -OCH3 is 2. The number of carbonyl (C=O) groups excluding carboxylic acids is 2. The number of rotatable bonds is 23. The lowest BCUT2D eigenvalue weighted by Crippen LogP contribution is -2.28. The van der Waals surface area contributed by atoms with Crippen LogP contribution in [0.5, 0.6) is 23.0 Å². The van der Waals surface area contributed by atoms with Crippen LogP contribution in [-0.4, -0.2) is 96.6 Å². The van der Waals surface area contributed by atoms with Crippen molar-refractivity contribution in [2.75, 3.05) is 80.7 Å². The summed E-state index contributed by atoms with van der Waals surface area (Å²) in [6.07, 6.45) is 2.63. The SMILES string of the molecule is COc1cc(Nc2cc(Oc3ccc(NC(=O)Nc4cc(C(C)(C)C)cc(NS(C)(=O)=O)c4OC)c4ccccc34)ccn2)ccc1C(=O)NCCOCCOCCOP(=O)(OC(C)(C)C)OC(C)(C)C. The van der Waals surface area contributed by atoms with Gasteiger partial charge < -0.3 is 45.0 Å². The molecule has 1 aromatic heterocycles. The number of phosphoric acid groups is 1. The van der Waals surface area contributed by atoms with E-state index >= 15 is 0 Å². The highest BCUT2D eigenvalue weighted by Gasteiger charge is 2.37. The minimum absolute atomic E-state index is 0.00234. The van der Waals surface area contributed by atoms with Crippen LogP contribution in [0.4, 0.5) is 33.4 Å². The van der Waals surface area contributed by atoms with Crippen molar-refractivity contribution in [3.05, 3.63) is 96.2 Å². The van der Waals surface area contributed by atoms with Gasteiger partial charge in [0.2, 0.25) is 10.0 Å². The largest absolute Gasteiger partial charge is 0.496 e. The molecule has 0 unspecified atom stereocenters. The Morgan fingerprint density at radius 2 is 1.32 bits per heavy atom. The molecule has 0 aliphatic carbocycles. The number of phosphoric ester groups is 1. The average Bonchev–Trinajstić information content (AvgIpc) is 3.25. The number of pyridine rings is 1. The Hall–Kier alpha value is -5.99. The quantitative estimate of drug-likeness (QED) is 0.0302. The summed E-state index contributed by atoms with van der Waals surface area (Å²) in [5.41, 5.74) is 0.799. The lowest BCUT2D eigenvalue weighted by Gasteiger charge is -2.30. The van der Waals surface area contributed by atoms with E-state index in [-0.39, 0.29) is 68.0 Å². The van der Waals surface area contributed by atoms with E-state index in [0.717, 1.165) is 11.8 Å². The predicted molar refractivity (Wildman–Crippen MR) is 277 cm³/mol. The van der Waals surface area contributed by atoms with Gasteiger partial charge in [-0.15, -0.1) is 0 Å². The molecule has 19 nitrogen and oxygen atoms in total. The van der Waals surface area contributed by atoms with E-state index in [0.29, 0.717) is 50.8 Å². The molecular formula is C50H67N6O13PS. The Morgan fingerprint density at radius 3 is 1.96 bits per heavy atom. The first-order valence-electron chi connectivity index (χ1n) is 22.7. The van der Waals surface area contributed by atoms with E-state index in [1.165, 1.54) is 14.2 Å². The highest BCUT2D eigenvalue weighted by Crippen LogP contribution is 2.55. The molecule has 5 rings (SSSR count). The fraction of sp³-hybridized carbons (Fsp3) is 0.420. The van der Waals surface area contributed by atoms with E-state index < -0.39 is 35.1 Å². The number of nitrogens with one attached hydrogen (secondary N) is 5. The summed E-state index contributed by atoms with van der Waals surface area (Å²) in [5.74, 6) is 1.58. The summed E-state index contributed by atoms with van der Waals surface area (Å²) in [6.45, 7) is 17.6. The van der Waals surface area contributed by atoms with Crippen LogP contribution in [0, 0.1) is 0 Å². The molecule has 5 aromatic rings. The molecule has 21 heteroatoms. The van der Waals surface area contributed by atoms with Gasteiger partial charge in [-0.05, 0) is 95.0 Å². The summed E-state index contributed by atoms with van der Waals surface area (Å²) < 4.78 is 85.4. The smallest absolute Gasteiger partial charge is 0.475 e. The summed E-state index contributed by atoms with van der Waals surface area (Å²) >= 11 is 0. The van der Waals surface area contributed by atoms with E-state index in [1.807, 2.05) is 45.0 Å².